The average molecular weight is 505 g/mol. The minimum absolute atomic E-state index is 0.0749. The van der Waals surface area contributed by atoms with Crippen LogP contribution >= 0.6 is 0 Å². The number of hydrogen-bond donors (Lipinski definition) is 1. The summed E-state index contributed by atoms with van der Waals surface area (Å²) in [6.07, 6.45) is 6.42. The minimum atomic E-state index is -0.360. The molecule has 0 aliphatic heterocycles. The minimum Gasteiger partial charge on any atom is -0.338 e. The van der Waals surface area contributed by atoms with Gasteiger partial charge in [0.15, 0.2) is 11.6 Å². The zero-order chi connectivity index (χ0) is 26.2. The van der Waals surface area contributed by atoms with Crippen molar-refractivity contribution < 1.29 is 13.7 Å². The molecule has 1 aliphatic rings. The Kier molecular flexibility index (Phi) is 6.53. The maximum absolute atomic E-state index is 15.9. The molecule has 5 rings (SSSR count). The lowest BCUT2D eigenvalue weighted by molar-refractivity contribution is 0.0959. The van der Waals surface area contributed by atoms with Gasteiger partial charge in [0.25, 0.3) is 0 Å². The number of ketones is 1. The van der Waals surface area contributed by atoms with Crippen LogP contribution in [-0.4, -0.2) is 40.7 Å². The van der Waals surface area contributed by atoms with Crippen LogP contribution in [0.25, 0.3) is 11.4 Å². The lowest BCUT2D eigenvalue weighted by atomic mass is 9.87. The first-order chi connectivity index (χ1) is 17.7. The highest BCUT2D eigenvalue weighted by Crippen LogP contribution is 2.37. The largest absolute Gasteiger partial charge is 0.338 e. The molecule has 1 aliphatic carbocycles. The van der Waals surface area contributed by atoms with Crippen molar-refractivity contribution in [1.82, 2.24) is 34.9 Å². The number of rotatable bonds is 6. The Labute approximate surface area is 213 Å². The number of aryl methyl sites for hydroxylation is 1. The third-order valence-corrected chi connectivity index (χ3v) is 6.46. The maximum Gasteiger partial charge on any atom is 0.238 e. The Morgan fingerprint density at radius 3 is 2.76 bits per heavy atom. The van der Waals surface area contributed by atoms with E-state index in [9.17, 15) is 4.79 Å². The van der Waals surface area contributed by atoms with Gasteiger partial charge in [-0.2, -0.15) is 15.1 Å². The van der Waals surface area contributed by atoms with Gasteiger partial charge in [-0.1, -0.05) is 38.4 Å². The van der Waals surface area contributed by atoms with Crippen LogP contribution in [0.1, 0.15) is 80.0 Å². The molecule has 10 nitrogen and oxygen atoms in total. The fraction of sp³-hybridized carbons (Fsp3) is 0.423. The first kappa shape index (κ1) is 24.7. The third kappa shape index (κ3) is 5.25. The Morgan fingerprint density at radius 2 is 2.03 bits per heavy atom. The first-order valence-electron chi connectivity index (χ1n) is 12.3. The maximum atomic E-state index is 15.9. The molecule has 3 heterocycles. The highest BCUT2D eigenvalue weighted by atomic mass is 19.1. The SMILES string of the molecule is Cn1ccc(Nc2ncnc(-c3ccc4c(c3F)CCCC[C@H]4CC(=O)c3noc(C(C)(C)C)n3)n2)n1. The lowest BCUT2D eigenvalue weighted by Gasteiger charge is -2.18. The molecule has 192 valence electrons. The van der Waals surface area contributed by atoms with E-state index in [2.05, 4.69) is 35.5 Å². The fourth-order valence-corrected chi connectivity index (χ4v) is 4.54. The summed E-state index contributed by atoms with van der Waals surface area (Å²) in [6.45, 7) is 5.84. The Hall–Kier alpha value is -4.02. The number of anilines is 2. The molecular weight excluding hydrogens is 475 g/mol. The van der Waals surface area contributed by atoms with Crippen LogP contribution in [0.15, 0.2) is 35.2 Å². The molecule has 1 atom stereocenters. The molecule has 0 radical (unpaired) electrons. The van der Waals surface area contributed by atoms with Gasteiger partial charge in [-0.05, 0) is 42.4 Å². The molecule has 0 amide bonds. The molecule has 4 aromatic rings. The monoisotopic (exact) mass is 504 g/mol. The predicted octanol–water partition coefficient (Wildman–Crippen LogP) is 4.92. The summed E-state index contributed by atoms with van der Waals surface area (Å²) in [4.78, 5) is 30.1. The van der Waals surface area contributed by atoms with E-state index >= 15 is 4.39 Å². The summed E-state index contributed by atoms with van der Waals surface area (Å²) in [5.41, 5.74) is 1.40. The third-order valence-electron chi connectivity index (χ3n) is 6.46. The standard InChI is InChI=1S/C26H29FN8O2/c1-26(2,3)24-31-23(34-37-24)19(36)13-15-7-5-6-8-17-16(15)9-10-18(21(17)27)22-28-14-29-25(32-22)30-20-11-12-35(4)33-20/h9-12,14-15H,5-8,13H2,1-4H3,(H,28,29,30,32,33)/t15-/m0/s1. The van der Waals surface area contributed by atoms with E-state index in [1.165, 1.54) is 6.33 Å². The summed E-state index contributed by atoms with van der Waals surface area (Å²) in [6, 6.07) is 5.36. The van der Waals surface area contributed by atoms with Crippen molar-refractivity contribution in [2.24, 2.45) is 7.05 Å². The molecule has 0 fully saturated rings. The van der Waals surface area contributed by atoms with Crippen molar-refractivity contribution in [3.05, 3.63) is 59.4 Å². The molecule has 0 saturated carbocycles. The molecule has 0 spiro atoms. The zero-order valence-electron chi connectivity index (χ0n) is 21.3. The Morgan fingerprint density at radius 1 is 1.19 bits per heavy atom. The summed E-state index contributed by atoms with van der Waals surface area (Å²) < 4.78 is 22.8. The Bertz CT molecular complexity index is 1440. The van der Waals surface area contributed by atoms with E-state index in [1.54, 1.807) is 30.1 Å². The van der Waals surface area contributed by atoms with Gasteiger partial charge >= 0.3 is 0 Å². The fourth-order valence-electron chi connectivity index (χ4n) is 4.54. The van der Waals surface area contributed by atoms with Crippen LogP contribution in [0.4, 0.5) is 16.2 Å². The van der Waals surface area contributed by atoms with E-state index in [4.69, 9.17) is 4.52 Å². The number of nitrogens with one attached hydrogen (secondary N) is 1. The molecule has 0 unspecified atom stereocenters. The number of halogens is 1. The molecule has 1 aromatic carbocycles. The van der Waals surface area contributed by atoms with Crippen molar-refractivity contribution in [1.29, 1.82) is 0 Å². The van der Waals surface area contributed by atoms with Crippen LogP contribution in [0, 0.1) is 5.82 Å². The van der Waals surface area contributed by atoms with E-state index in [0.717, 1.165) is 24.8 Å². The summed E-state index contributed by atoms with van der Waals surface area (Å²) >= 11 is 0. The number of carbonyl (C=O) groups excluding carboxylic acids is 1. The smallest absolute Gasteiger partial charge is 0.238 e. The van der Waals surface area contributed by atoms with Gasteiger partial charge in [0.2, 0.25) is 23.4 Å². The summed E-state index contributed by atoms with van der Waals surface area (Å²) in [5.74, 6) is 0.873. The van der Waals surface area contributed by atoms with E-state index < -0.39 is 0 Å². The van der Waals surface area contributed by atoms with Gasteiger partial charge in [-0.25, -0.2) is 14.4 Å². The van der Waals surface area contributed by atoms with Crippen molar-refractivity contribution in [2.75, 3.05) is 5.32 Å². The van der Waals surface area contributed by atoms with Gasteiger partial charge in [0.05, 0.1) is 5.56 Å². The molecule has 0 saturated heterocycles. The summed E-state index contributed by atoms with van der Waals surface area (Å²) in [5, 5.41) is 11.2. The van der Waals surface area contributed by atoms with E-state index in [-0.39, 0.29) is 47.0 Å². The highest BCUT2D eigenvalue weighted by Gasteiger charge is 2.29. The first-order valence-corrected chi connectivity index (χ1v) is 12.3. The second kappa shape index (κ2) is 9.79. The number of fused-ring (bicyclic) bond motifs is 1. The second-order valence-corrected chi connectivity index (χ2v) is 10.4. The van der Waals surface area contributed by atoms with E-state index in [0.29, 0.717) is 29.3 Å². The lowest BCUT2D eigenvalue weighted by Crippen LogP contribution is -2.13. The van der Waals surface area contributed by atoms with Crippen LogP contribution in [0.2, 0.25) is 0 Å². The number of benzene rings is 1. The molecule has 3 aromatic heterocycles. The van der Waals surface area contributed by atoms with Gasteiger partial charge in [0.1, 0.15) is 12.1 Å². The molecule has 37 heavy (non-hydrogen) atoms. The number of nitrogens with zero attached hydrogens (tertiary/aromatic N) is 7. The van der Waals surface area contributed by atoms with Crippen LogP contribution in [-0.2, 0) is 18.9 Å². The molecule has 11 heteroatoms. The van der Waals surface area contributed by atoms with Gasteiger partial charge in [-0.15, -0.1) is 0 Å². The average Bonchev–Trinajstić information content (AvgIpc) is 3.46. The van der Waals surface area contributed by atoms with Crippen molar-refractivity contribution in [3.63, 3.8) is 0 Å². The van der Waals surface area contributed by atoms with Crippen molar-refractivity contribution in [3.8, 4) is 11.4 Å². The molecule has 1 N–H and O–H groups in total. The number of hydrogen-bond acceptors (Lipinski definition) is 9. The molecular formula is C26H29FN8O2. The van der Waals surface area contributed by atoms with Crippen LogP contribution in [0.3, 0.4) is 0 Å². The van der Waals surface area contributed by atoms with Gasteiger partial charge < -0.3 is 9.84 Å². The normalized spacial score (nSPS) is 15.8. The van der Waals surface area contributed by atoms with Gasteiger partial charge in [0, 0.05) is 31.1 Å². The van der Waals surface area contributed by atoms with E-state index in [1.807, 2.05) is 26.8 Å². The topological polar surface area (TPSA) is 125 Å². The second-order valence-electron chi connectivity index (χ2n) is 10.4. The van der Waals surface area contributed by atoms with Crippen molar-refractivity contribution >= 4 is 17.5 Å². The van der Waals surface area contributed by atoms with Crippen molar-refractivity contribution in [2.45, 2.75) is 64.2 Å². The quantitative estimate of drug-likeness (QED) is 0.288. The van der Waals surface area contributed by atoms with Crippen LogP contribution < -0.4 is 5.32 Å². The number of Topliss-reactive ketones (excluding diaryl/α,β-unsaturated/α-hetero) is 1. The Balaban J connectivity index is 1.41. The zero-order valence-corrected chi connectivity index (χ0v) is 21.3. The number of aromatic nitrogens is 7. The number of carbonyl (C=O) groups is 1. The highest BCUT2D eigenvalue weighted by molar-refractivity contribution is 5.93. The molecule has 0 bridgehead atoms. The van der Waals surface area contributed by atoms with Crippen LogP contribution in [0.5, 0.6) is 0 Å². The predicted molar refractivity (Wildman–Crippen MR) is 134 cm³/mol. The summed E-state index contributed by atoms with van der Waals surface area (Å²) in [7, 11) is 1.81. The van der Waals surface area contributed by atoms with Gasteiger partial charge in [-0.3, -0.25) is 9.48 Å².